The van der Waals surface area contributed by atoms with E-state index in [1.54, 1.807) is 13.1 Å². The highest BCUT2D eigenvalue weighted by Gasteiger charge is 2.30. The van der Waals surface area contributed by atoms with Crippen LogP contribution in [-0.2, 0) is 27.0 Å². The van der Waals surface area contributed by atoms with Crippen LogP contribution in [0.2, 0.25) is 0 Å². The van der Waals surface area contributed by atoms with Crippen LogP contribution in [0.15, 0.2) is 54.6 Å². The van der Waals surface area contributed by atoms with Gasteiger partial charge in [-0.05, 0) is 29.8 Å². The van der Waals surface area contributed by atoms with E-state index in [0.717, 1.165) is 23.8 Å². The SMILES string of the molecule is COc1ccccc1CN(C)C(=O)COC(=O)/C=C/c1cccc(C(F)(F)F)c1. The van der Waals surface area contributed by atoms with E-state index in [0.29, 0.717) is 5.75 Å². The summed E-state index contributed by atoms with van der Waals surface area (Å²) in [6, 6.07) is 11.7. The van der Waals surface area contributed by atoms with Gasteiger partial charge in [0.05, 0.1) is 12.7 Å². The number of carbonyl (C=O) groups excluding carboxylic acids is 2. The molecule has 2 aromatic carbocycles. The van der Waals surface area contributed by atoms with Crippen LogP contribution in [0, 0.1) is 0 Å². The zero-order valence-electron chi connectivity index (χ0n) is 15.9. The Labute approximate surface area is 166 Å². The molecule has 0 unspecified atom stereocenters. The molecule has 0 aliphatic heterocycles. The second-order valence-corrected chi connectivity index (χ2v) is 6.13. The van der Waals surface area contributed by atoms with Crippen LogP contribution in [0.5, 0.6) is 5.75 Å². The summed E-state index contributed by atoms with van der Waals surface area (Å²) in [5.41, 5.74) is 0.166. The number of hydrogen-bond acceptors (Lipinski definition) is 4. The van der Waals surface area contributed by atoms with Crippen LogP contribution < -0.4 is 4.74 Å². The van der Waals surface area contributed by atoms with Gasteiger partial charge in [0, 0.05) is 25.2 Å². The number of esters is 1. The highest BCUT2D eigenvalue weighted by Crippen LogP contribution is 2.29. The number of rotatable bonds is 7. The summed E-state index contributed by atoms with van der Waals surface area (Å²) in [6.07, 6.45) is -2.30. The highest BCUT2D eigenvalue weighted by molar-refractivity contribution is 5.89. The van der Waals surface area contributed by atoms with Gasteiger partial charge in [-0.15, -0.1) is 0 Å². The van der Waals surface area contributed by atoms with Gasteiger partial charge in [-0.1, -0.05) is 30.3 Å². The number of carbonyl (C=O) groups is 2. The Kier molecular flexibility index (Phi) is 7.41. The molecule has 5 nitrogen and oxygen atoms in total. The number of benzene rings is 2. The maximum atomic E-state index is 12.7. The fraction of sp³-hybridized carbons (Fsp3) is 0.238. The van der Waals surface area contributed by atoms with Crippen molar-refractivity contribution in [2.45, 2.75) is 12.7 Å². The Hall–Kier alpha value is -3.29. The van der Waals surface area contributed by atoms with Crippen molar-refractivity contribution in [2.75, 3.05) is 20.8 Å². The smallest absolute Gasteiger partial charge is 0.416 e. The lowest BCUT2D eigenvalue weighted by atomic mass is 10.1. The molecule has 0 aliphatic rings. The zero-order valence-corrected chi connectivity index (χ0v) is 15.9. The fourth-order valence-electron chi connectivity index (χ4n) is 2.45. The first-order valence-electron chi connectivity index (χ1n) is 8.58. The van der Waals surface area contributed by atoms with Crippen molar-refractivity contribution >= 4 is 18.0 Å². The van der Waals surface area contributed by atoms with Crippen LogP contribution in [0.3, 0.4) is 0 Å². The quantitative estimate of drug-likeness (QED) is 0.516. The average Bonchev–Trinajstić information content (AvgIpc) is 2.70. The molecular weight excluding hydrogens is 387 g/mol. The van der Waals surface area contributed by atoms with Crippen molar-refractivity contribution in [3.8, 4) is 5.75 Å². The third-order valence-electron chi connectivity index (χ3n) is 3.99. The molecule has 8 heteroatoms. The van der Waals surface area contributed by atoms with E-state index in [1.807, 2.05) is 18.2 Å². The molecular formula is C21H20F3NO4. The third kappa shape index (κ3) is 6.67. The molecule has 0 fully saturated rings. The van der Waals surface area contributed by atoms with Crippen LogP contribution in [0.1, 0.15) is 16.7 Å². The van der Waals surface area contributed by atoms with E-state index in [4.69, 9.17) is 9.47 Å². The summed E-state index contributed by atoms with van der Waals surface area (Å²) in [5, 5.41) is 0. The number of likely N-dealkylation sites (N-methyl/N-ethyl adjacent to an activating group) is 1. The number of ether oxygens (including phenoxy) is 2. The van der Waals surface area contributed by atoms with Crippen molar-refractivity contribution < 1.29 is 32.2 Å². The first-order chi connectivity index (χ1) is 13.7. The molecule has 0 heterocycles. The van der Waals surface area contributed by atoms with E-state index >= 15 is 0 Å². The topological polar surface area (TPSA) is 55.8 Å². The molecule has 0 atom stereocenters. The minimum Gasteiger partial charge on any atom is -0.496 e. The normalized spacial score (nSPS) is 11.3. The van der Waals surface area contributed by atoms with Gasteiger partial charge in [0.2, 0.25) is 0 Å². The van der Waals surface area contributed by atoms with Gasteiger partial charge >= 0.3 is 12.1 Å². The monoisotopic (exact) mass is 407 g/mol. The predicted molar refractivity (Wildman–Crippen MR) is 101 cm³/mol. The standard InChI is InChI=1S/C21H20F3NO4/c1-25(13-16-7-3-4-9-18(16)28-2)19(26)14-29-20(27)11-10-15-6-5-8-17(12-15)21(22,23)24/h3-12H,13-14H2,1-2H3/b11-10+. The number of methoxy groups -OCH3 is 1. The Balaban J connectivity index is 1.88. The van der Waals surface area contributed by atoms with Crippen molar-refractivity contribution in [2.24, 2.45) is 0 Å². The summed E-state index contributed by atoms with van der Waals surface area (Å²) >= 11 is 0. The van der Waals surface area contributed by atoms with Gasteiger partial charge in [0.1, 0.15) is 5.75 Å². The van der Waals surface area contributed by atoms with Gasteiger partial charge < -0.3 is 14.4 Å². The van der Waals surface area contributed by atoms with E-state index in [9.17, 15) is 22.8 Å². The van der Waals surface area contributed by atoms with E-state index in [-0.39, 0.29) is 12.1 Å². The van der Waals surface area contributed by atoms with Crippen LogP contribution in [0.4, 0.5) is 13.2 Å². The fourth-order valence-corrected chi connectivity index (χ4v) is 2.45. The van der Waals surface area contributed by atoms with Crippen LogP contribution in [0.25, 0.3) is 6.08 Å². The molecule has 1 amide bonds. The minimum absolute atomic E-state index is 0.191. The second kappa shape index (κ2) is 9.77. The maximum Gasteiger partial charge on any atom is 0.416 e. The molecule has 0 radical (unpaired) electrons. The van der Waals surface area contributed by atoms with Crippen molar-refractivity contribution in [3.63, 3.8) is 0 Å². The van der Waals surface area contributed by atoms with Crippen molar-refractivity contribution in [1.82, 2.24) is 4.90 Å². The lowest BCUT2D eigenvalue weighted by Gasteiger charge is -2.18. The second-order valence-electron chi connectivity index (χ2n) is 6.13. The lowest BCUT2D eigenvalue weighted by molar-refractivity contribution is -0.147. The Morgan fingerprint density at radius 3 is 2.52 bits per heavy atom. The molecule has 2 aromatic rings. The average molecular weight is 407 g/mol. The summed E-state index contributed by atoms with van der Waals surface area (Å²) < 4.78 is 48.2. The summed E-state index contributed by atoms with van der Waals surface area (Å²) in [6.45, 7) is -0.224. The molecule has 0 spiro atoms. The zero-order chi connectivity index (χ0) is 21.4. The molecule has 154 valence electrons. The van der Waals surface area contributed by atoms with Gasteiger partial charge in [0.15, 0.2) is 6.61 Å². The summed E-state index contributed by atoms with van der Waals surface area (Å²) in [5.74, 6) is -0.633. The van der Waals surface area contributed by atoms with Crippen molar-refractivity contribution in [3.05, 3.63) is 71.3 Å². The first-order valence-corrected chi connectivity index (χ1v) is 8.58. The third-order valence-corrected chi connectivity index (χ3v) is 3.99. The Morgan fingerprint density at radius 2 is 1.83 bits per heavy atom. The maximum absolute atomic E-state index is 12.7. The number of nitrogens with zero attached hydrogens (tertiary/aromatic N) is 1. The Bertz CT molecular complexity index is 893. The van der Waals surface area contributed by atoms with E-state index in [2.05, 4.69) is 0 Å². The molecule has 0 N–H and O–H groups in total. The molecule has 0 aliphatic carbocycles. The summed E-state index contributed by atoms with van der Waals surface area (Å²) in [4.78, 5) is 25.3. The minimum atomic E-state index is -4.47. The number of hydrogen-bond donors (Lipinski definition) is 0. The first kappa shape index (κ1) is 22.0. The molecule has 0 saturated carbocycles. The number of alkyl halides is 3. The van der Waals surface area contributed by atoms with Gasteiger partial charge in [-0.2, -0.15) is 13.2 Å². The van der Waals surface area contributed by atoms with Crippen LogP contribution >= 0.6 is 0 Å². The van der Waals surface area contributed by atoms with E-state index < -0.39 is 30.2 Å². The van der Waals surface area contributed by atoms with E-state index in [1.165, 1.54) is 30.2 Å². The lowest BCUT2D eigenvalue weighted by Crippen LogP contribution is -2.30. The van der Waals surface area contributed by atoms with Crippen LogP contribution in [-0.4, -0.2) is 37.5 Å². The molecule has 0 bridgehead atoms. The number of para-hydroxylation sites is 1. The molecule has 2 rings (SSSR count). The number of amides is 1. The van der Waals surface area contributed by atoms with Gasteiger partial charge in [-0.3, -0.25) is 4.79 Å². The number of halogens is 3. The molecule has 0 saturated heterocycles. The predicted octanol–water partition coefficient (Wildman–Crippen LogP) is 3.93. The largest absolute Gasteiger partial charge is 0.496 e. The van der Waals surface area contributed by atoms with Gasteiger partial charge in [0.25, 0.3) is 5.91 Å². The highest BCUT2D eigenvalue weighted by atomic mass is 19.4. The van der Waals surface area contributed by atoms with Crippen molar-refractivity contribution in [1.29, 1.82) is 0 Å². The Morgan fingerprint density at radius 1 is 1.10 bits per heavy atom. The molecule has 29 heavy (non-hydrogen) atoms. The molecule has 0 aromatic heterocycles. The van der Waals surface area contributed by atoms with Gasteiger partial charge in [-0.25, -0.2) is 4.79 Å². The summed E-state index contributed by atoms with van der Waals surface area (Å²) in [7, 11) is 3.08.